The minimum atomic E-state index is -1.05. The van der Waals surface area contributed by atoms with Gasteiger partial charge in [0.05, 0.1) is 16.3 Å². The number of benzene rings is 2. The minimum Gasteiger partial charge on any atom is -0.478 e. The van der Waals surface area contributed by atoms with Crippen molar-refractivity contribution < 1.29 is 14.3 Å². The molecule has 106 valence electrons. The van der Waals surface area contributed by atoms with Crippen molar-refractivity contribution in [2.45, 2.75) is 11.8 Å². The first kappa shape index (κ1) is 13.7. The highest BCUT2D eigenvalue weighted by Crippen LogP contribution is 2.25. The average molecular weight is 300 g/mol. The predicted octanol–water partition coefficient (Wildman–Crippen LogP) is 3.76. The summed E-state index contributed by atoms with van der Waals surface area (Å²) in [6.45, 7) is 2.05. The second-order valence-corrected chi connectivity index (χ2v) is 5.88. The van der Waals surface area contributed by atoms with Gasteiger partial charge >= 0.3 is 5.97 Å². The van der Waals surface area contributed by atoms with E-state index in [9.17, 15) is 9.59 Å². The van der Waals surface area contributed by atoms with E-state index >= 15 is 0 Å². The van der Waals surface area contributed by atoms with E-state index in [1.807, 2.05) is 19.1 Å². The van der Waals surface area contributed by atoms with E-state index in [0.717, 1.165) is 10.6 Å². The standard InChI is InChI=1S/C16H12O4S/c1-2-21-10-4-6-13-12(8-10)15(17)11-5-3-9(16(18)19)7-14(11)20-13/h3-8H,2H2,1H3,(H,18,19). The molecule has 0 radical (unpaired) electrons. The lowest BCUT2D eigenvalue weighted by Gasteiger charge is -2.04. The first-order chi connectivity index (χ1) is 10.1. The predicted molar refractivity (Wildman–Crippen MR) is 83.3 cm³/mol. The van der Waals surface area contributed by atoms with Gasteiger partial charge in [-0.25, -0.2) is 4.79 Å². The zero-order chi connectivity index (χ0) is 15.0. The van der Waals surface area contributed by atoms with Gasteiger partial charge in [0.25, 0.3) is 0 Å². The summed E-state index contributed by atoms with van der Waals surface area (Å²) in [7, 11) is 0. The molecule has 2 aromatic carbocycles. The summed E-state index contributed by atoms with van der Waals surface area (Å²) >= 11 is 1.65. The molecule has 0 aliphatic rings. The molecule has 1 heterocycles. The largest absolute Gasteiger partial charge is 0.478 e. The number of aromatic carboxylic acids is 1. The lowest BCUT2D eigenvalue weighted by atomic mass is 10.1. The molecule has 0 saturated carbocycles. The number of hydrogen-bond donors (Lipinski definition) is 1. The van der Waals surface area contributed by atoms with Gasteiger partial charge in [-0.15, -0.1) is 11.8 Å². The maximum absolute atomic E-state index is 12.5. The highest BCUT2D eigenvalue weighted by molar-refractivity contribution is 7.99. The number of fused-ring (bicyclic) bond motifs is 2. The van der Waals surface area contributed by atoms with Crippen LogP contribution >= 0.6 is 11.8 Å². The maximum Gasteiger partial charge on any atom is 0.335 e. The third-order valence-corrected chi connectivity index (χ3v) is 4.08. The van der Waals surface area contributed by atoms with Gasteiger partial charge in [-0.05, 0) is 42.2 Å². The number of thioether (sulfide) groups is 1. The van der Waals surface area contributed by atoms with Crippen LogP contribution in [0.2, 0.25) is 0 Å². The summed E-state index contributed by atoms with van der Waals surface area (Å²) in [4.78, 5) is 24.5. The Balaban J connectivity index is 2.32. The monoisotopic (exact) mass is 300 g/mol. The lowest BCUT2D eigenvalue weighted by molar-refractivity contribution is 0.0697. The topological polar surface area (TPSA) is 67.5 Å². The highest BCUT2D eigenvalue weighted by Gasteiger charge is 2.11. The Morgan fingerprint density at radius 1 is 1.14 bits per heavy atom. The van der Waals surface area contributed by atoms with E-state index in [0.29, 0.717) is 21.9 Å². The molecule has 0 aliphatic heterocycles. The maximum atomic E-state index is 12.5. The number of rotatable bonds is 3. The lowest BCUT2D eigenvalue weighted by Crippen LogP contribution is -2.04. The zero-order valence-corrected chi connectivity index (χ0v) is 12.1. The molecule has 0 saturated heterocycles. The van der Waals surface area contributed by atoms with E-state index in [-0.39, 0.29) is 11.0 Å². The van der Waals surface area contributed by atoms with Crippen molar-refractivity contribution in [2.24, 2.45) is 0 Å². The van der Waals surface area contributed by atoms with Gasteiger partial charge in [0.1, 0.15) is 11.2 Å². The van der Waals surface area contributed by atoms with Crippen LogP contribution in [0.3, 0.4) is 0 Å². The summed E-state index contributed by atoms with van der Waals surface area (Å²) in [5.74, 6) is -0.124. The summed E-state index contributed by atoms with van der Waals surface area (Å²) in [5.41, 5.74) is 0.726. The first-order valence-corrected chi connectivity index (χ1v) is 7.45. The molecule has 0 fully saturated rings. The highest BCUT2D eigenvalue weighted by atomic mass is 32.2. The molecule has 0 amide bonds. The molecule has 3 rings (SSSR count). The van der Waals surface area contributed by atoms with Crippen molar-refractivity contribution >= 4 is 39.7 Å². The van der Waals surface area contributed by atoms with Crippen molar-refractivity contribution in [3.63, 3.8) is 0 Å². The normalized spacial score (nSPS) is 11.1. The van der Waals surface area contributed by atoms with Gasteiger partial charge in [-0.1, -0.05) is 6.92 Å². The molecule has 1 N–H and O–H groups in total. The van der Waals surface area contributed by atoms with Crippen LogP contribution in [0, 0.1) is 0 Å². The van der Waals surface area contributed by atoms with Crippen molar-refractivity contribution in [3.8, 4) is 0 Å². The van der Waals surface area contributed by atoms with Gasteiger partial charge in [0, 0.05) is 4.90 Å². The summed E-state index contributed by atoms with van der Waals surface area (Å²) in [5, 5.41) is 9.91. The van der Waals surface area contributed by atoms with Gasteiger partial charge < -0.3 is 9.52 Å². The first-order valence-electron chi connectivity index (χ1n) is 6.47. The second kappa shape index (κ2) is 5.26. The Morgan fingerprint density at radius 3 is 2.67 bits per heavy atom. The van der Waals surface area contributed by atoms with Crippen molar-refractivity contribution in [2.75, 3.05) is 5.75 Å². The van der Waals surface area contributed by atoms with Gasteiger partial charge in [0.2, 0.25) is 5.43 Å². The van der Waals surface area contributed by atoms with Gasteiger partial charge in [-0.3, -0.25) is 4.79 Å². The van der Waals surface area contributed by atoms with E-state index in [4.69, 9.17) is 9.52 Å². The third kappa shape index (κ3) is 2.40. The second-order valence-electron chi connectivity index (χ2n) is 4.54. The molecule has 1 aromatic heterocycles. The van der Waals surface area contributed by atoms with Crippen LogP contribution in [-0.2, 0) is 0 Å². The molecular formula is C16H12O4S. The Labute approximate surface area is 124 Å². The van der Waals surface area contributed by atoms with E-state index in [1.165, 1.54) is 18.2 Å². The summed E-state index contributed by atoms with van der Waals surface area (Å²) < 4.78 is 5.68. The number of carboxylic acid groups (broad SMARTS) is 1. The number of carbonyl (C=O) groups is 1. The molecule has 0 aliphatic carbocycles. The molecule has 4 nitrogen and oxygen atoms in total. The van der Waals surface area contributed by atoms with Crippen LogP contribution in [-0.4, -0.2) is 16.8 Å². The van der Waals surface area contributed by atoms with E-state index in [1.54, 1.807) is 17.8 Å². The van der Waals surface area contributed by atoms with Gasteiger partial charge in [0.15, 0.2) is 0 Å². The van der Waals surface area contributed by atoms with Crippen molar-refractivity contribution in [1.29, 1.82) is 0 Å². The summed E-state index contributed by atoms with van der Waals surface area (Å²) in [6.07, 6.45) is 0. The fourth-order valence-electron chi connectivity index (χ4n) is 2.22. The Morgan fingerprint density at radius 2 is 1.95 bits per heavy atom. The molecule has 21 heavy (non-hydrogen) atoms. The third-order valence-electron chi connectivity index (χ3n) is 3.20. The van der Waals surface area contributed by atoms with Crippen LogP contribution in [0.4, 0.5) is 0 Å². The molecule has 0 atom stereocenters. The Hall–Kier alpha value is -2.27. The van der Waals surface area contributed by atoms with Crippen molar-refractivity contribution in [1.82, 2.24) is 0 Å². The van der Waals surface area contributed by atoms with Crippen LogP contribution in [0.15, 0.2) is 50.5 Å². The Bertz CT molecular complexity index is 911. The van der Waals surface area contributed by atoms with Crippen molar-refractivity contribution in [3.05, 3.63) is 52.2 Å². The molecule has 0 spiro atoms. The molecule has 0 bridgehead atoms. The van der Waals surface area contributed by atoms with Crippen LogP contribution in [0.25, 0.3) is 21.9 Å². The van der Waals surface area contributed by atoms with Gasteiger partial charge in [-0.2, -0.15) is 0 Å². The smallest absolute Gasteiger partial charge is 0.335 e. The fourth-order valence-corrected chi connectivity index (χ4v) is 2.92. The quantitative estimate of drug-likeness (QED) is 0.589. The van der Waals surface area contributed by atoms with Crippen LogP contribution < -0.4 is 5.43 Å². The fraction of sp³-hybridized carbons (Fsp3) is 0.125. The van der Waals surface area contributed by atoms with Crippen LogP contribution in [0.5, 0.6) is 0 Å². The Kier molecular flexibility index (Phi) is 3.43. The number of carboxylic acids is 1. The van der Waals surface area contributed by atoms with E-state index < -0.39 is 5.97 Å². The van der Waals surface area contributed by atoms with Crippen LogP contribution in [0.1, 0.15) is 17.3 Å². The average Bonchev–Trinajstić information content (AvgIpc) is 2.48. The molecule has 5 heteroatoms. The van der Waals surface area contributed by atoms with E-state index in [2.05, 4.69) is 0 Å². The zero-order valence-electron chi connectivity index (χ0n) is 11.3. The summed E-state index contributed by atoms with van der Waals surface area (Å²) in [6, 6.07) is 9.77. The number of hydrogen-bond acceptors (Lipinski definition) is 4. The minimum absolute atomic E-state index is 0.100. The molecule has 0 unspecified atom stereocenters. The molecule has 3 aromatic rings. The SMILES string of the molecule is CCSc1ccc2oc3cc(C(=O)O)ccc3c(=O)c2c1. The molecular weight excluding hydrogens is 288 g/mol.